The number of hydrogen-bond donors (Lipinski definition) is 2. The van der Waals surface area contributed by atoms with Gasteiger partial charge in [-0.15, -0.1) is 24.2 Å². The van der Waals surface area contributed by atoms with Crippen molar-refractivity contribution < 1.29 is 9.53 Å². The molecule has 2 rings (SSSR count). The Morgan fingerprint density at radius 1 is 1.65 bits per heavy atom. The zero-order valence-electron chi connectivity index (χ0n) is 11.1. The molecule has 2 atom stereocenters. The quantitative estimate of drug-likeness (QED) is 0.866. The summed E-state index contributed by atoms with van der Waals surface area (Å²) in [5.74, 6) is 2.41. The fraction of sp³-hybridized carbons (Fsp3) is 0.462. The van der Waals surface area contributed by atoms with E-state index in [4.69, 9.17) is 16.3 Å². The first kappa shape index (κ1) is 17.4. The second-order valence-corrected chi connectivity index (χ2v) is 5.87. The number of hydrogen-bond acceptors (Lipinski definition) is 4. The zero-order valence-corrected chi connectivity index (χ0v) is 13.5. The lowest BCUT2D eigenvalue weighted by Gasteiger charge is -2.17. The number of ether oxygens (including phenoxy) is 1. The van der Waals surface area contributed by atoms with Crippen molar-refractivity contribution in [2.45, 2.75) is 19.1 Å². The SMILES string of the molecule is CC(CNC(=O)C1CSCN1)Oc1cccc(Cl)c1.Cl. The molecule has 1 aliphatic rings. The molecule has 112 valence electrons. The van der Waals surface area contributed by atoms with Gasteiger partial charge in [0.1, 0.15) is 11.9 Å². The van der Waals surface area contributed by atoms with Crippen molar-refractivity contribution in [3.63, 3.8) is 0 Å². The number of halogens is 2. The molecule has 1 amide bonds. The van der Waals surface area contributed by atoms with Crippen molar-refractivity contribution in [2.24, 2.45) is 0 Å². The molecule has 1 fully saturated rings. The number of benzene rings is 1. The summed E-state index contributed by atoms with van der Waals surface area (Å²) in [4.78, 5) is 11.8. The van der Waals surface area contributed by atoms with Gasteiger partial charge in [-0.2, -0.15) is 0 Å². The largest absolute Gasteiger partial charge is 0.489 e. The summed E-state index contributed by atoms with van der Waals surface area (Å²) in [5, 5.41) is 6.66. The zero-order chi connectivity index (χ0) is 13.7. The molecule has 1 aromatic carbocycles. The van der Waals surface area contributed by atoms with Crippen LogP contribution in [0.25, 0.3) is 0 Å². The monoisotopic (exact) mass is 336 g/mol. The summed E-state index contributed by atoms with van der Waals surface area (Å²) in [5.41, 5.74) is 0. The molecule has 1 saturated heterocycles. The van der Waals surface area contributed by atoms with Gasteiger partial charge in [-0.1, -0.05) is 17.7 Å². The van der Waals surface area contributed by atoms with Gasteiger partial charge in [-0.05, 0) is 25.1 Å². The van der Waals surface area contributed by atoms with Gasteiger partial charge in [0.15, 0.2) is 0 Å². The Morgan fingerprint density at radius 3 is 3.10 bits per heavy atom. The van der Waals surface area contributed by atoms with Crippen LogP contribution in [-0.4, -0.2) is 36.2 Å². The first-order chi connectivity index (χ1) is 9.15. The number of thioether (sulfide) groups is 1. The first-order valence-electron chi connectivity index (χ1n) is 6.16. The Balaban J connectivity index is 0.00000200. The minimum Gasteiger partial charge on any atom is -0.489 e. The number of rotatable bonds is 5. The van der Waals surface area contributed by atoms with Crippen LogP contribution in [0.5, 0.6) is 5.75 Å². The molecule has 20 heavy (non-hydrogen) atoms. The van der Waals surface area contributed by atoms with E-state index in [2.05, 4.69) is 10.6 Å². The van der Waals surface area contributed by atoms with E-state index in [0.29, 0.717) is 17.3 Å². The second kappa shape index (κ2) is 8.62. The van der Waals surface area contributed by atoms with Crippen LogP contribution in [0, 0.1) is 0 Å². The molecule has 0 aromatic heterocycles. The predicted octanol–water partition coefficient (Wildman–Crippen LogP) is 2.31. The van der Waals surface area contributed by atoms with E-state index in [1.165, 1.54) is 0 Å². The molecule has 4 nitrogen and oxygen atoms in total. The molecule has 1 aromatic rings. The Bertz CT molecular complexity index is 442. The normalized spacial score (nSPS) is 19.0. The van der Waals surface area contributed by atoms with Gasteiger partial charge in [0, 0.05) is 16.7 Å². The minimum absolute atomic E-state index is 0. The molecule has 0 spiro atoms. The third kappa shape index (κ3) is 5.40. The van der Waals surface area contributed by atoms with Crippen LogP contribution in [0.15, 0.2) is 24.3 Å². The van der Waals surface area contributed by atoms with E-state index in [9.17, 15) is 4.79 Å². The molecule has 1 heterocycles. The topological polar surface area (TPSA) is 50.4 Å². The van der Waals surface area contributed by atoms with Crippen LogP contribution < -0.4 is 15.4 Å². The highest BCUT2D eigenvalue weighted by atomic mass is 35.5. The Hall–Kier alpha value is -0.620. The Labute approximate surface area is 134 Å². The van der Waals surface area contributed by atoms with Gasteiger partial charge < -0.3 is 10.1 Å². The first-order valence-corrected chi connectivity index (χ1v) is 7.69. The maximum absolute atomic E-state index is 11.8. The molecule has 7 heteroatoms. The highest BCUT2D eigenvalue weighted by Crippen LogP contribution is 2.18. The van der Waals surface area contributed by atoms with Crippen LogP contribution in [0.4, 0.5) is 0 Å². The Kier molecular flexibility index (Phi) is 7.51. The van der Waals surface area contributed by atoms with Crippen LogP contribution in [0.2, 0.25) is 5.02 Å². The molecule has 0 aliphatic carbocycles. The minimum atomic E-state index is -0.100. The van der Waals surface area contributed by atoms with E-state index in [1.807, 2.05) is 19.1 Å². The van der Waals surface area contributed by atoms with E-state index in [1.54, 1.807) is 23.9 Å². The van der Waals surface area contributed by atoms with Gasteiger partial charge in [0.2, 0.25) is 5.91 Å². The van der Waals surface area contributed by atoms with E-state index >= 15 is 0 Å². The third-order valence-electron chi connectivity index (χ3n) is 2.73. The fourth-order valence-corrected chi connectivity index (χ4v) is 2.87. The summed E-state index contributed by atoms with van der Waals surface area (Å²) < 4.78 is 5.68. The standard InChI is InChI=1S/C13H17ClN2O2S.ClH/c1-9(18-11-4-2-3-10(14)5-11)6-15-13(17)12-7-19-8-16-12;/h2-5,9,12,16H,6-8H2,1H3,(H,15,17);1H. The van der Waals surface area contributed by atoms with Crippen molar-refractivity contribution >= 4 is 41.7 Å². The second-order valence-electron chi connectivity index (χ2n) is 4.40. The van der Waals surface area contributed by atoms with E-state index in [-0.39, 0.29) is 30.5 Å². The summed E-state index contributed by atoms with van der Waals surface area (Å²) in [6, 6.07) is 7.16. The Morgan fingerprint density at radius 2 is 2.45 bits per heavy atom. The fourth-order valence-electron chi connectivity index (χ4n) is 1.75. The molecule has 2 unspecified atom stereocenters. The van der Waals surface area contributed by atoms with Crippen LogP contribution >= 0.6 is 35.8 Å². The lowest BCUT2D eigenvalue weighted by Crippen LogP contribution is -2.44. The predicted molar refractivity (Wildman–Crippen MR) is 86.0 cm³/mol. The molecule has 2 N–H and O–H groups in total. The number of amides is 1. The smallest absolute Gasteiger partial charge is 0.238 e. The average Bonchev–Trinajstić information content (AvgIpc) is 2.90. The highest BCUT2D eigenvalue weighted by molar-refractivity contribution is 7.99. The van der Waals surface area contributed by atoms with Gasteiger partial charge in [-0.25, -0.2) is 0 Å². The van der Waals surface area contributed by atoms with Gasteiger partial charge in [-0.3, -0.25) is 10.1 Å². The average molecular weight is 337 g/mol. The number of nitrogens with one attached hydrogen (secondary N) is 2. The van der Waals surface area contributed by atoms with Crippen molar-refractivity contribution in [2.75, 3.05) is 18.2 Å². The van der Waals surface area contributed by atoms with Gasteiger partial charge in [0.25, 0.3) is 0 Å². The molecule has 0 saturated carbocycles. The molecule has 1 aliphatic heterocycles. The lowest BCUT2D eigenvalue weighted by molar-refractivity contribution is -0.122. The van der Waals surface area contributed by atoms with Crippen molar-refractivity contribution in [3.05, 3.63) is 29.3 Å². The summed E-state index contributed by atoms with van der Waals surface area (Å²) in [6.07, 6.45) is -0.100. The van der Waals surface area contributed by atoms with Crippen LogP contribution in [-0.2, 0) is 4.79 Å². The molecular formula is C13H18Cl2N2O2S. The van der Waals surface area contributed by atoms with Crippen molar-refractivity contribution in [1.29, 1.82) is 0 Å². The third-order valence-corrected chi connectivity index (χ3v) is 3.90. The summed E-state index contributed by atoms with van der Waals surface area (Å²) in [6.45, 7) is 2.40. The molecular weight excluding hydrogens is 319 g/mol. The summed E-state index contributed by atoms with van der Waals surface area (Å²) in [7, 11) is 0. The summed E-state index contributed by atoms with van der Waals surface area (Å²) >= 11 is 7.61. The maximum atomic E-state index is 11.8. The molecule has 0 radical (unpaired) electrons. The highest BCUT2D eigenvalue weighted by Gasteiger charge is 2.22. The van der Waals surface area contributed by atoms with E-state index in [0.717, 1.165) is 11.6 Å². The van der Waals surface area contributed by atoms with E-state index < -0.39 is 0 Å². The van der Waals surface area contributed by atoms with Crippen LogP contribution in [0.3, 0.4) is 0 Å². The lowest BCUT2D eigenvalue weighted by atomic mass is 10.3. The number of carbonyl (C=O) groups is 1. The molecule has 0 bridgehead atoms. The van der Waals surface area contributed by atoms with Crippen molar-refractivity contribution in [1.82, 2.24) is 10.6 Å². The van der Waals surface area contributed by atoms with Crippen molar-refractivity contribution in [3.8, 4) is 5.75 Å². The van der Waals surface area contributed by atoms with Gasteiger partial charge >= 0.3 is 0 Å². The van der Waals surface area contributed by atoms with Crippen LogP contribution in [0.1, 0.15) is 6.92 Å². The van der Waals surface area contributed by atoms with Gasteiger partial charge in [0.05, 0.1) is 12.6 Å². The number of carbonyl (C=O) groups excluding carboxylic acids is 1. The maximum Gasteiger partial charge on any atom is 0.238 e.